The van der Waals surface area contributed by atoms with Gasteiger partial charge in [0.15, 0.2) is 0 Å². The monoisotopic (exact) mass is 412 g/mol. The molecule has 0 aliphatic rings. The van der Waals surface area contributed by atoms with Gasteiger partial charge in [0.2, 0.25) is 0 Å². The summed E-state index contributed by atoms with van der Waals surface area (Å²) < 4.78 is 10.9. The molecule has 0 aliphatic heterocycles. The summed E-state index contributed by atoms with van der Waals surface area (Å²) in [5.41, 5.74) is 0. The molecular weight excluding hydrogens is 364 g/mol. The zero-order valence-electron chi connectivity index (χ0n) is 19.8. The highest BCUT2D eigenvalue weighted by molar-refractivity contribution is 5.69. The lowest BCUT2D eigenvalue weighted by molar-refractivity contribution is -0.146. The lowest BCUT2D eigenvalue weighted by atomic mass is 10.0. The molecule has 0 rings (SSSR count). The van der Waals surface area contributed by atoms with Crippen LogP contribution in [0.25, 0.3) is 0 Å². The molecule has 0 saturated carbocycles. The maximum atomic E-state index is 11.8. The van der Waals surface area contributed by atoms with Gasteiger partial charge in [0.1, 0.15) is 0 Å². The SMILES string of the molecule is CCCC[C@@H](CC)COC(=O)CCCCCCCC(=O)OC[C@H](CC)CCCC. The van der Waals surface area contributed by atoms with Gasteiger partial charge in [-0.05, 0) is 37.5 Å². The Hall–Kier alpha value is -1.06. The van der Waals surface area contributed by atoms with E-state index >= 15 is 0 Å². The number of unbranched alkanes of at least 4 members (excludes halogenated alkanes) is 6. The number of hydrogen-bond donors (Lipinski definition) is 0. The fourth-order valence-electron chi connectivity index (χ4n) is 3.43. The van der Waals surface area contributed by atoms with E-state index in [2.05, 4.69) is 27.7 Å². The van der Waals surface area contributed by atoms with Crippen LogP contribution in [-0.4, -0.2) is 25.2 Å². The molecule has 0 radical (unpaired) electrons. The van der Waals surface area contributed by atoms with Gasteiger partial charge in [-0.25, -0.2) is 0 Å². The Kier molecular flexibility index (Phi) is 19.5. The quantitative estimate of drug-likeness (QED) is 0.156. The van der Waals surface area contributed by atoms with Gasteiger partial charge in [0.05, 0.1) is 13.2 Å². The molecule has 0 aliphatic carbocycles. The van der Waals surface area contributed by atoms with Crippen LogP contribution in [0.3, 0.4) is 0 Å². The van der Waals surface area contributed by atoms with E-state index in [9.17, 15) is 9.59 Å². The lowest BCUT2D eigenvalue weighted by Gasteiger charge is -2.14. The van der Waals surface area contributed by atoms with Crippen molar-refractivity contribution < 1.29 is 19.1 Å². The van der Waals surface area contributed by atoms with Crippen LogP contribution in [0.4, 0.5) is 0 Å². The fraction of sp³-hybridized carbons (Fsp3) is 0.920. The summed E-state index contributed by atoms with van der Waals surface area (Å²) in [5.74, 6) is 0.907. The Morgan fingerprint density at radius 1 is 0.586 bits per heavy atom. The first-order valence-electron chi connectivity index (χ1n) is 12.4. The molecule has 0 fully saturated rings. The van der Waals surface area contributed by atoms with Gasteiger partial charge >= 0.3 is 11.9 Å². The van der Waals surface area contributed by atoms with Crippen molar-refractivity contribution in [3.8, 4) is 0 Å². The van der Waals surface area contributed by atoms with E-state index in [1.807, 2.05) is 0 Å². The molecule has 0 saturated heterocycles. The van der Waals surface area contributed by atoms with E-state index in [0.29, 0.717) is 37.9 Å². The Morgan fingerprint density at radius 2 is 0.966 bits per heavy atom. The number of carbonyl (C=O) groups excluding carboxylic acids is 2. The molecule has 0 heterocycles. The predicted octanol–water partition coefficient (Wildman–Crippen LogP) is 7.24. The Balaban J connectivity index is 3.59. The molecule has 172 valence electrons. The van der Waals surface area contributed by atoms with Crippen LogP contribution in [-0.2, 0) is 19.1 Å². The van der Waals surface area contributed by atoms with E-state index < -0.39 is 0 Å². The van der Waals surface area contributed by atoms with Gasteiger partial charge in [0, 0.05) is 12.8 Å². The fourth-order valence-corrected chi connectivity index (χ4v) is 3.43. The van der Waals surface area contributed by atoms with E-state index in [1.54, 1.807) is 0 Å². The second-order valence-electron chi connectivity index (χ2n) is 8.47. The minimum atomic E-state index is -0.0583. The zero-order chi connectivity index (χ0) is 21.7. The molecule has 0 aromatic rings. The average molecular weight is 413 g/mol. The van der Waals surface area contributed by atoms with Crippen LogP contribution in [0.1, 0.15) is 124 Å². The van der Waals surface area contributed by atoms with Gasteiger partial charge in [-0.2, -0.15) is 0 Å². The van der Waals surface area contributed by atoms with E-state index in [-0.39, 0.29) is 11.9 Å². The number of esters is 2. The van der Waals surface area contributed by atoms with Crippen molar-refractivity contribution in [2.45, 2.75) is 124 Å². The van der Waals surface area contributed by atoms with Crippen LogP contribution >= 0.6 is 0 Å². The highest BCUT2D eigenvalue weighted by Gasteiger charge is 2.11. The minimum absolute atomic E-state index is 0.0583. The lowest BCUT2D eigenvalue weighted by Crippen LogP contribution is -2.14. The van der Waals surface area contributed by atoms with Gasteiger partial charge in [-0.1, -0.05) is 85.5 Å². The van der Waals surface area contributed by atoms with Crippen LogP contribution in [0, 0.1) is 11.8 Å². The van der Waals surface area contributed by atoms with Crippen molar-refractivity contribution >= 4 is 11.9 Å². The van der Waals surface area contributed by atoms with E-state index in [0.717, 1.165) is 57.8 Å². The van der Waals surface area contributed by atoms with E-state index in [4.69, 9.17) is 9.47 Å². The largest absolute Gasteiger partial charge is 0.465 e. The van der Waals surface area contributed by atoms with Gasteiger partial charge in [-0.3, -0.25) is 9.59 Å². The minimum Gasteiger partial charge on any atom is -0.465 e. The first kappa shape index (κ1) is 27.9. The number of rotatable bonds is 20. The second kappa shape index (κ2) is 20.2. The Labute approximate surface area is 180 Å². The zero-order valence-corrected chi connectivity index (χ0v) is 19.8. The predicted molar refractivity (Wildman–Crippen MR) is 121 cm³/mol. The number of carbonyl (C=O) groups is 2. The number of ether oxygens (including phenoxy) is 2. The molecule has 0 spiro atoms. The third-order valence-electron chi connectivity index (χ3n) is 5.81. The topological polar surface area (TPSA) is 52.6 Å². The summed E-state index contributed by atoms with van der Waals surface area (Å²) in [6, 6.07) is 0. The van der Waals surface area contributed by atoms with E-state index in [1.165, 1.54) is 25.7 Å². The molecule has 0 amide bonds. The summed E-state index contributed by atoms with van der Waals surface area (Å²) in [6.45, 7) is 9.87. The molecule has 0 unspecified atom stereocenters. The molecule has 0 aromatic heterocycles. The molecule has 2 atom stereocenters. The smallest absolute Gasteiger partial charge is 0.305 e. The molecule has 4 nitrogen and oxygen atoms in total. The van der Waals surface area contributed by atoms with Gasteiger partial charge in [0.25, 0.3) is 0 Å². The Morgan fingerprint density at radius 3 is 1.31 bits per heavy atom. The van der Waals surface area contributed by atoms with Crippen molar-refractivity contribution in [2.75, 3.05) is 13.2 Å². The standard InChI is InChI=1S/C25H48O4/c1-5-9-16-22(7-3)20-28-24(26)18-14-12-11-13-15-19-25(27)29-21-23(8-4)17-10-6-2/h22-23H,5-21H2,1-4H3/t22-,23-/m1/s1. The van der Waals surface area contributed by atoms with Crippen molar-refractivity contribution in [2.24, 2.45) is 11.8 Å². The summed E-state index contributed by atoms with van der Waals surface area (Å²) in [5, 5.41) is 0. The molecule has 0 bridgehead atoms. The first-order chi connectivity index (χ1) is 14.1. The molecule has 0 N–H and O–H groups in total. The van der Waals surface area contributed by atoms with Crippen molar-refractivity contribution in [3.63, 3.8) is 0 Å². The Bertz CT molecular complexity index is 358. The average Bonchev–Trinajstić information content (AvgIpc) is 2.73. The highest BCUT2D eigenvalue weighted by atomic mass is 16.5. The van der Waals surface area contributed by atoms with Gasteiger partial charge in [-0.15, -0.1) is 0 Å². The van der Waals surface area contributed by atoms with Crippen LogP contribution in [0.15, 0.2) is 0 Å². The summed E-state index contributed by atoms with van der Waals surface area (Å²) in [4.78, 5) is 23.7. The van der Waals surface area contributed by atoms with Gasteiger partial charge < -0.3 is 9.47 Å². The third-order valence-corrected chi connectivity index (χ3v) is 5.81. The second-order valence-corrected chi connectivity index (χ2v) is 8.47. The summed E-state index contributed by atoms with van der Waals surface area (Å²) >= 11 is 0. The summed E-state index contributed by atoms with van der Waals surface area (Å²) in [6.07, 6.45) is 15.2. The number of hydrogen-bond acceptors (Lipinski definition) is 4. The van der Waals surface area contributed by atoms with Crippen molar-refractivity contribution in [1.82, 2.24) is 0 Å². The third kappa shape index (κ3) is 17.5. The first-order valence-corrected chi connectivity index (χ1v) is 12.4. The van der Waals surface area contributed by atoms with Crippen LogP contribution in [0.5, 0.6) is 0 Å². The molecule has 4 heteroatoms. The summed E-state index contributed by atoms with van der Waals surface area (Å²) in [7, 11) is 0. The normalized spacial score (nSPS) is 13.1. The van der Waals surface area contributed by atoms with Crippen molar-refractivity contribution in [1.29, 1.82) is 0 Å². The van der Waals surface area contributed by atoms with Crippen LogP contribution < -0.4 is 0 Å². The van der Waals surface area contributed by atoms with Crippen LogP contribution in [0.2, 0.25) is 0 Å². The maximum Gasteiger partial charge on any atom is 0.305 e. The highest BCUT2D eigenvalue weighted by Crippen LogP contribution is 2.15. The molecule has 29 heavy (non-hydrogen) atoms. The molecular formula is C25H48O4. The van der Waals surface area contributed by atoms with Crippen molar-refractivity contribution in [3.05, 3.63) is 0 Å². The maximum absolute atomic E-state index is 11.8. The molecule has 0 aromatic carbocycles.